The molecular formula is C9H6F2N2O2. The summed E-state index contributed by atoms with van der Waals surface area (Å²) in [7, 11) is 0. The van der Waals surface area contributed by atoms with Crippen LogP contribution >= 0.6 is 0 Å². The molecule has 1 atom stereocenters. The summed E-state index contributed by atoms with van der Waals surface area (Å²) >= 11 is 0. The zero-order chi connectivity index (χ0) is 11.6. The third-order valence-corrected chi connectivity index (χ3v) is 1.90. The van der Waals surface area contributed by atoms with Crippen LogP contribution in [0, 0.1) is 33.1 Å². The predicted molar refractivity (Wildman–Crippen MR) is 47.0 cm³/mol. The maximum atomic E-state index is 13.2. The first-order chi connectivity index (χ1) is 6.97. The van der Waals surface area contributed by atoms with Gasteiger partial charge in [-0.05, 0) is 6.92 Å². The number of halogens is 2. The monoisotopic (exact) mass is 212 g/mol. The highest BCUT2D eigenvalue weighted by molar-refractivity contribution is 5.45. The predicted octanol–water partition coefficient (Wildman–Crippen LogP) is 2.50. The van der Waals surface area contributed by atoms with E-state index < -0.39 is 28.2 Å². The molecule has 1 aromatic rings. The molecule has 4 nitrogen and oxygen atoms in total. The lowest BCUT2D eigenvalue weighted by Gasteiger charge is -2.05. The van der Waals surface area contributed by atoms with Crippen LogP contribution in [-0.4, -0.2) is 4.92 Å². The van der Waals surface area contributed by atoms with Gasteiger partial charge in [0, 0.05) is 6.07 Å². The fraction of sp³-hybridized carbons (Fsp3) is 0.222. The lowest BCUT2D eigenvalue weighted by molar-refractivity contribution is -0.386. The summed E-state index contributed by atoms with van der Waals surface area (Å²) in [6.07, 6.45) is 0. The molecule has 0 amide bonds. The van der Waals surface area contributed by atoms with Crippen LogP contribution < -0.4 is 0 Å². The van der Waals surface area contributed by atoms with Gasteiger partial charge in [-0.2, -0.15) is 5.26 Å². The summed E-state index contributed by atoms with van der Waals surface area (Å²) in [5.74, 6) is -3.10. The molecule has 1 rings (SSSR count). The Morgan fingerprint density at radius 2 is 2.13 bits per heavy atom. The Balaban J connectivity index is 3.48. The van der Waals surface area contributed by atoms with Gasteiger partial charge in [-0.3, -0.25) is 10.1 Å². The normalized spacial score (nSPS) is 11.9. The van der Waals surface area contributed by atoms with Gasteiger partial charge in [0.1, 0.15) is 11.6 Å². The van der Waals surface area contributed by atoms with Gasteiger partial charge in [0.15, 0.2) is 0 Å². The van der Waals surface area contributed by atoms with Crippen molar-refractivity contribution in [3.05, 3.63) is 39.4 Å². The van der Waals surface area contributed by atoms with E-state index in [4.69, 9.17) is 5.26 Å². The molecule has 78 valence electrons. The summed E-state index contributed by atoms with van der Waals surface area (Å²) in [6, 6.07) is 2.80. The first-order valence-corrected chi connectivity index (χ1v) is 4.00. The SMILES string of the molecule is CC(C#N)c1c(F)cc(F)cc1[N+](=O)[O-]. The van der Waals surface area contributed by atoms with Crippen molar-refractivity contribution < 1.29 is 13.7 Å². The van der Waals surface area contributed by atoms with Crippen LogP contribution in [0.15, 0.2) is 12.1 Å². The molecule has 0 aliphatic carbocycles. The second-order valence-electron chi connectivity index (χ2n) is 2.93. The van der Waals surface area contributed by atoms with Crippen LogP contribution in [0.25, 0.3) is 0 Å². The molecule has 0 saturated carbocycles. The standard InChI is InChI=1S/C9H6F2N2O2/c1-5(4-12)9-7(11)2-6(10)3-8(9)13(14)15/h2-3,5H,1H3. The zero-order valence-electron chi connectivity index (χ0n) is 7.70. The molecule has 0 aromatic heterocycles. The molecule has 1 unspecified atom stereocenters. The summed E-state index contributed by atoms with van der Waals surface area (Å²) < 4.78 is 25.9. The van der Waals surface area contributed by atoms with Crippen LogP contribution in [0.2, 0.25) is 0 Å². The Labute approximate surface area is 83.9 Å². The molecule has 0 saturated heterocycles. The number of hydrogen-bond acceptors (Lipinski definition) is 3. The first-order valence-electron chi connectivity index (χ1n) is 4.00. The van der Waals surface area contributed by atoms with Crippen LogP contribution in [0.3, 0.4) is 0 Å². The van der Waals surface area contributed by atoms with Crippen molar-refractivity contribution in [1.82, 2.24) is 0 Å². The molecule has 0 fully saturated rings. The van der Waals surface area contributed by atoms with Gasteiger partial charge in [0.05, 0.1) is 28.5 Å². The maximum Gasteiger partial charge on any atom is 0.279 e. The minimum absolute atomic E-state index is 0.385. The van der Waals surface area contributed by atoms with Gasteiger partial charge in [-0.15, -0.1) is 0 Å². The molecule has 6 heteroatoms. The lowest BCUT2D eigenvalue weighted by atomic mass is 10.00. The number of nitro benzene ring substituents is 1. The molecule has 0 aliphatic heterocycles. The van der Waals surface area contributed by atoms with Crippen LogP contribution in [-0.2, 0) is 0 Å². The highest BCUT2D eigenvalue weighted by atomic mass is 19.1. The van der Waals surface area contributed by atoms with Crippen LogP contribution in [0.5, 0.6) is 0 Å². The van der Waals surface area contributed by atoms with Crippen molar-refractivity contribution in [2.75, 3.05) is 0 Å². The fourth-order valence-corrected chi connectivity index (χ4v) is 1.22. The third kappa shape index (κ3) is 2.07. The van der Waals surface area contributed by atoms with Crippen molar-refractivity contribution in [2.45, 2.75) is 12.8 Å². The Morgan fingerprint density at radius 1 is 1.53 bits per heavy atom. The smallest absolute Gasteiger partial charge is 0.258 e. The summed E-state index contributed by atoms with van der Waals surface area (Å²) in [6.45, 7) is 1.31. The topological polar surface area (TPSA) is 66.9 Å². The zero-order valence-corrected chi connectivity index (χ0v) is 7.70. The first kappa shape index (κ1) is 11.0. The number of rotatable bonds is 2. The number of nitro groups is 1. The van der Waals surface area contributed by atoms with Gasteiger partial charge < -0.3 is 0 Å². The van der Waals surface area contributed by atoms with Crippen molar-refractivity contribution >= 4 is 5.69 Å². The molecule has 0 radical (unpaired) electrons. The van der Waals surface area contributed by atoms with Crippen LogP contribution in [0.4, 0.5) is 14.5 Å². The Hall–Kier alpha value is -2.03. The van der Waals surface area contributed by atoms with Crippen molar-refractivity contribution in [3.8, 4) is 6.07 Å². The highest BCUT2D eigenvalue weighted by Gasteiger charge is 2.24. The van der Waals surface area contributed by atoms with E-state index in [1.165, 1.54) is 6.92 Å². The number of hydrogen-bond donors (Lipinski definition) is 0. The molecule has 0 aliphatic rings. The molecule has 0 heterocycles. The van der Waals surface area contributed by atoms with Gasteiger partial charge in [0.25, 0.3) is 5.69 Å². The van der Waals surface area contributed by atoms with Gasteiger partial charge in [-0.25, -0.2) is 8.78 Å². The minimum atomic E-state index is -1.07. The van der Waals surface area contributed by atoms with Crippen molar-refractivity contribution in [1.29, 1.82) is 5.26 Å². The highest BCUT2D eigenvalue weighted by Crippen LogP contribution is 2.29. The molecule has 1 aromatic carbocycles. The lowest BCUT2D eigenvalue weighted by Crippen LogP contribution is -2.02. The van der Waals surface area contributed by atoms with Gasteiger partial charge in [0.2, 0.25) is 0 Å². The van der Waals surface area contributed by atoms with E-state index in [0.29, 0.717) is 12.1 Å². The average Bonchev–Trinajstić information content (AvgIpc) is 2.15. The second-order valence-corrected chi connectivity index (χ2v) is 2.93. The average molecular weight is 212 g/mol. The summed E-state index contributed by atoms with van der Waals surface area (Å²) in [5.41, 5.74) is -1.09. The van der Waals surface area contributed by atoms with E-state index >= 15 is 0 Å². The van der Waals surface area contributed by atoms with E-state index in [0.717, 1.165) is 0 Å². The van der Waals surface area contributed by atoms with E-state index in [2.05, 4.69) is 0 Å². The Morgan fingerprint density at radius 3 is 2.60 bits per heavy atom. The van der Waals surface area contributed by atoms with Crippen molar-refractivity contribution in [2.24, 2.45) is 0 Å². The van der Waals surface area contributed by atoms with E-state index in [1.54, 1.807) is 6.07 Å². The molecular weight excluding hydrogens is 206 g/mol. The van der Waals surface area contributed by atoms with E-state index in [1.807, 2.05) is 0 Å². The molecule has 0 N–H and O–H groups in total. The third-order valence-electron chi connectivity index (χ3n) is 1.90. The largest absolute Gasteiger partial charge is 0.279 e. The number of nitriles is 1. The fourth-order valence-electron chi connectivity index (χ4n) is 1.22. The molecule has 0 bridgehead atoms. The Bertz CT molecular complexity index is 454. The minimum Gasteiger partial charge on any atom is -0.258 e. The van der Waals surface area contributed by atoms with Crippen molar-refractivity contribution in [3.63, 3.8) is 0 Å². The summed E-state index contributed by atoms with van der Waals surface area (Å²) in [4.78, 5) is 9.60. The Kier molecular flexibility index (Phi) is 2.95. The molecule has 0 spiro atoms. The number of benzene rings is 1. The van der Waals surface area contributed by atoms with E-state index in [-0.39, 0.29) is 5.56 Å². The molecule has 15 heavy (non-hydrogen) atoms. The summed E-state index contributed by atoms with van der Waals surface area (Å²) in [5, 5.41) is 19.1. The number of nitrogens with zero attached hydrogens (tertiary/aromatic N) is 2. The van der Waals surface area contributed by atoms with E-state index in [9.17, 15) is 18.9 Å². The maximum absolute atomic E-state index is 13.2. The van der Waals surface area contributed by atoms with Gasteiger partial charge >= 0.3 is 0 Å². The second kappa shape index (κ2) is 4.00. The van der Waals surface area contributed by atoms with Gasteiger partial charge in [-0.1, -0.05) is 0 Å². The quantitative estimate of drug-likeness (QED) is 0.558. The van der Waals surface area contributed by atoms with Crippen LogP contribution in [0.1, 0.15) is 18.4 Å².